The van der Waals surface area contributed by atoms with Gasteiger partial charge in [0.05, 0.1) is 6.42 Å². The van der Waals surface area contributed by atoms with Gasteiger partial charge in [-0.1, -0.05) is 34.6 Å². The van der Waals surface area contributed by atoms with E-state index in [1.807, 2.05) is 34.6 Å². The molecule has 0 rings (SSSR count). The standard InChI is InChI=1S/C13H25NO3/c1-10(2)9-14(7-6-12(16)17)11(15)8-13(3,4)5/h10H,6-9H2,1-5H3,(H,16,17). The van der Waals surface area contributed by atoms with Crippen molar-refractivity contribution in [2.24, 2.45) is 11.3 Å². The van der Waals surface area contributed by atoms with Gasteiger partial charge in [0, 0.05) is 19.5 Å². The average molecular weight is 243 g/mol. The highest BCUT2D eigenvalue weighted by Crippen LogP contribution is 2.20. The van der Waals surface area contributed by atoms with E-state index in [1.165, 1.54) is 0 Å². The van der Waals surface area contributed by atoms with Crippen LogP contribution in [0.5, 0.6) is 0 Å². The minimum atomic E-state index is -0.859. The van der Waals surface area contributed by atoms with Crippen LogP contribution in [0.15, 0.2) is 0 Å². The molecule has 1 N–H and O–H groups in total. The quantitative estimate of drug-likeness (QED) is 0.779. The van der Waals surface area contributed by atoms with Gasteiger partial charge in [-0.05, 0) is 11.3 Å². The van der Waals surface area contributed by atoms with Crippen molar-refractivity contribution < 1.29 is 14.7 Å². The summed E-state index contributed by atoms with van der Waals surface area (Å²) in [6.45, 7) is 11.0. The zero-order valence-electron chi connectivity index (χ0n) is 11.6. The zero-order valence-corrected chi connectivity index (χ0v) is 11.6. The zero-order chi connectivity index (χ0) is 13.6. The molecule has 0 radical (unpaired) electrons. The highest BCUT2D eigenvalue weighted by molar-refractivity contribution is 5.77. The van der Waals surface area contributed by atoms with E-state index in [0.29, 0.717) is 25.4 Å². The first kappa shape index (κ1) is 15.9. The molecule has 0 unspecified atom stereocenters. The van der Waals surface area contributed by atoms with Gasteiger partial charge >= 0.3 is 5.97 Å². The van der Waals surface area contributed by atoms with E-state index in [-0.39, 0.29) is 17.7 Å². The van der Waals surface area contributed by atoms with Crippen LogP contribution in [0.4, 0.5) is 0 Å². The summed E-state index contributed by atoms with van der Waals surface area (Å²) in [5, 5.41) is 8.67. The van der Waals surface area contributed by atoms with Crippen LogP contribution in [0.3, 0.4) is 0 Å². The Morgan fingerprint density at radius 1 is 1.24 bits per heavy atom. The smallest absolute Gasteiger partial charge is 0.305 e. The molecule has 0 aliphatic rings. The number of aliphatic carboxylic acids is 1. The summed E-state index contributed by atoms with van der Waals surface area (Å²) in [4.78, 5) is 24.3. The third-order valence-corrected chi connectivity index (χ3v) is 2.22. The van der Waals surface area contributed by atoms with E-state index in [2.05, 4.69) is 0 Å². The van der Waals surface area contributed by atoms with E-state index < -0.39 is 5.97 Å². The van der Waals surface area contributed by atoms with Gasteiger partial charge in [0.1, 0.15) is 0 Å². The predicted molar refractivity (Wildman–Crippen MR) is 67.7 cm³/mol. The molecule has 0 spiro atoms. The van der Waals surface area contributed by atoms with E-state index >= 15 is 0 Å². The Labute approximate surface area is 104 Å². The molecule has 1 amide bonds. The molecule has 0 atom stereocenters. The van der Waals surface area contributed by atoms with E-state index in [0.717, 1.165) is 0 Å². The van der Waals surface area contributed by atoms with Crippen LogP contribution in [0.25, 0.3) is 0 Å². The lowest BCUT2D eigenvalue weighted by Crippen LogP contribution is -2.37. The van der Waals surface area contributed by atoms with Crippen LogP contribution in [0.1, 0.15) is 47.5 Å². The van der Waals surface area contributed by atoms with Gasteiger partial charge in [-0.3, -0.25) is 9.59 Å². The molecule has 0 aromatic rings. The second-order valence-corrected chi connectivity index (χ2v) is 6.11. The summed E-state index contributed by atoms with van der Waals surface area (Å²) < 4.78 is 0. The van der Waals surface area contributed by atoms with Crippen molar-refractivity contribution in [3.63, 3.8) is 0 Å². The second-order valence-electron chi connectivity index (χ2n) is 6.11. The minimum absolute atomic E-state index is 0.0165. The molecule has 0 aromatic heterocycles. The number of amides is 1. The van der Waals surface area contributed by atoms with Gasteiger partial charge < -0.3 is 10.0 Å². The van der Waals surface area contributed by atoms with Gasteiger partial charge in [0.2, 0.25) is 5.91 Å². The van der Waals surface area contributed by atoms with Crippen molar-refractivity contribution in [1.29, 1.82) is 0 Å². The molecule has 0 fully saturated rings. The number of nitrogens with zero attached hydrogens (tertiary/aromatic N) is 1. The Morgan fingerprint density at radius 2 is 1.76 bits per heavy atom. The number of hydrogen-bond donors (Lipinski definition) is 1. The van der Waals surface area contributed by atoms with E-state index in [4.69, 9.17) is 5.11 Å². The van der Waals surface area contributed by atoms with Crippen LogP contribution in [-0.4, -0.2) is 35.0 Å². The lowest BCUT2D eigenvalue weighted by atomic mass is 9.91. The Balaban J connectivity index is 4.45. The topological polar surface area (TPSA) is 57.6 Å². The van der Waals surface area contributed by atoms with Crippen molar-refractivity contribution in [3.05, 3.63) is 0 Å². The number of carbonyl (C=O) groups excluding carboxylic acids is 1. The fourth-order valence-corrected chi connectivity index (χ4v) is 1.55. The van der Waals surface area contributed by atoms with Crippen molar-refractivity contribution in [1.82, 2.24) is 4.90 Å². The summed E-state index contributed by atoms with van der Waals surface area (Å²) in [6.07, 6.45) is 0.474. The molecule has 0 bridgehead atoms. The number of carboxylic acid groups (broad SMARTS) is 1. The Morgan fingerprint density at radius 3 is 2.12 bits per heavy atom. The molecule has 100 valence electrons. The highest BCUT2D eigenvalue weighted by atomic mass is 16.4. The Kier molecular flexibility index (Phi) is 6.21. The van der Waals surface area contributed by atoms with Crippen LogP contribution < -0.4 is 0 Å². The van der Waals surface area contributed by atoms with Crippen LogP contribution in [0.2, 0.25) is 0 Å². The number of rotatable bonds is 6. The molecular weight excluding hydrogens is 218 g/mol. The van der Waals surface area contributed by atoms with Gasteiger partial charge in [-0.15, -0.1) is 0 Å². The first-order valence-electron chi connectivity index (χ1n) is 6.11. The lowest BCUT2D eigenvalue weighted by Gasteiger charge is -2.27. The van der Waals surface area contributed by atoms with Crippen LogP contribution in [-0.2, 0) is 9.59 Å². The van der Waals surface area contributed by atoms with E-state index in [9.17, 15) is 9.59 Å². The molecule has 17 heavy (non-hydrogen) atoms. The average Bonchev–Trinajstić information content (AvgIpc) is 2.08. The summed E-state index contributed by atoms with van der Waals surface area (Å²) in [5.74, 6) is -0.456. The molecule has 0 saturated carbocycles. The maximum Gasteiger partial charge on any atom is 0.305 e. The second kappa shape index (κ2) is 6.62. The molecule has 0 aliphatic heterocycles. The molecule has 0 saturated heterocycles. The van der Waals surface area contributed by atoms with Gasteiger partial charge in [0.25, 0.3) is 0 Å². The van der Waals surface area contributed by atoms with Gasteiger partial charge in [0.15, 0.2) is 0 Å². The third-order valence-electron chi connectivity index (χ3n) is 2.22. The third kappa shape index (κ3) is 8.72. The van der Waals surface area contributed by atoms with Crippen molar-refractivity contribution >= 4 is 11.9 Å². The summed E-state index contributed by atoms with van der Waals surface area (Å²) in [7, 11) is 0. The Bertz CT molecular complexity index is 266. The fraction of sp³-hybridized carbons (Fsp3) is 0.846. The monoisotopic (exact) mass is 243 g/mol. The maximum atomic E-state index is 12.0. The normalized spacial score (nSPS) is 11.6. The predicted octanol–water partition coefficient (Wildman–Crippen LogP) is 2.38. The molecule has 0 aliphatic carbocycles. The number of carboxylic acids is 1. The molecule has 0 aromatic carbocycles. The molecule has 0 heterocycles. The number of hydrogen-bond acceptors (Lipinski definition) is 2. The van der Waals surface area contributed by atoms with Gasteiger partial charge in [-0.25, -0.2) is 0 Å². The first-order valence-corrected chi connectivity index (χ1v) is 6.11. The van der Waals surface area contributed by atoms with E-state index in [1.54, 1.807) is 4.90 Å². The van der Waals surface area contributed by atoms with Crippen molar-refractivity contribution in [3.8, 4) is 0 Å². The summed E-state index contributed by atoms with van der Waals surface area (Å²) in [6, 6.07) is 0. The fourth-order valence-electron chi connectivity index (χ4n) is 1.55. The largest absolute Gasteiger partial charge is 0.481 e. The van der Waals surface area contributed by atoms with Gasteiger partial charge in [-0.2, -0.15) is 0 Å². The Hall–Kier alpha value is -1.06. The minimum Gasteiger partial charge on any atom is -0.481 e. The summed E-state index contributed by atoms with van der Waals surface area (Å²) in [5.41, 5.74) is -0.0600. The number of carbonyl (C=O) groups is 2. The molecular formula is C13H25NO3. The molecule has 4 heteroatoms. The maximum absolute atomic E-state index is 12.0. The lowest BCUT2D eigenvalue weighted by molar-refractivity contribution is -0.139. The highest BCUT2D eigenvalue weighted by Gasteiger charge is 2.22. The van der Waals surface area contributed by atoms with Crippen molar-refractivity contribution in [2.75, 3.05) is 13.1 Å². The van der Waals surface area contributed by atoms with Crippen LogP contribution in [0, 0.1) is 11.3 Å². The van der Waals surface area contributed by atoms with Crippen molar-refractivity contribution in [2.45, 2.75) is 47.5 Å². The van der Waals surface area contributed by atoms with Crippen LogP contribution >= 0.6 is 0 Å². The molecule has 4 nitrogen and oxygen atoms in total. The SMILES string of the molecule is CC(C)CN(CCC(=O)O)C(=O)CC(C)(C)C. The first-order chi connectivity index (χ1) is 7.61. The summed E-state index contributed by atoms with van der Waals surface area (Å²) >= 11 is 0.